The number of ether oxygens (including phenoxy) is 1. The van der Waals surface area contributed by atoms with Crippen LogP contribution in [0.2, 0.25) is 0 Å². The van der Waals surface area contributed by atoms with Gasteiger partial charge in [0.05, 0.1) is 11.9 Å². The first-order valence-corrected chi connectivity index (χ1v) is 7.85. The smallest absolute Gasteiger partial charge is 0.159 e. The van der Waals surface area contributed by atoms with Gasteiger partial charge in [0.25, 0.3) is 0 Å². The van der Waals surface area contributed by atoms with Gasteiger partial charge in [0.1, 0.15) is 5.82 Å². The molecule has 3 aromatic rings. The summed E-state index contributed by atoms with van der Waals surface area (Å²) in [5, 5.41) is 7.93. The van der Waals surface area contributed by atoms with E-state index in [1.54, 1.807) is 10.7 Å². The lowest BCUT2D eigenvalue weighted by Crippen LogP contribution is -2.28. The average molecular weight is 330 g/mol. The van der Waals surface area contributed by atoms with E-state index < -0.39 is 11.6 Å². The van der Waals surface area contributed by atoms with Gasteiger partial charge in [-0.2, -0.15) is 0 Å². The fourth-order valence-corrected chi connectivity index (χ4v) is 2.85. The Kier molecular flexibility index (Phi) is 3.86. The molecule has 0 amide bonds. The van der Waals surface area contributed by atoms with Gasteiger partial charge in [-0.25, -0.2) is 18.3 Å². The number of imidazole rings is 1. The third-order valence-electron chi connectivity index (χ3n) is 4.15. The predicted molar refractivity (Wildman–Crippen MR) is 85.8 cm³/mol. The largest absolute Gasteiger partial charge is 0.381 e. The Balaban J connectivity index is 1.68. The Morgan fingerprint density at radius 2 is 1.92 bits per heavy atom. The van der Waals surface area contributed by atoms with Crippen LogP contribution >= 0.6 is 0 Å². The number of aromatic nitrogens is 3. The van der Waals surface area contributed by atoms with Gasteiger partial charge in [0.2, 0.25) is 0 Å². The number of nitrogens with zero attached hydrogens (tertiary/aromatic N) is 3. The quantitative estimate of drug-likeness (QED) is 0.801. The van der Waals surface area contributed by atoms with E-state index in [9.17, 15) is 8.78 Å². The summed E-state index contributed by atoms with van der Waals surface area (Å²) in [6.45, 7) is 1.48. The average Bonchev–Trinajstić information content (AvgIpc) is 3.01. The number of hydrogen-bond donors (Lipinski definition) is 1. The molecule has 1 N–H and O–H groups in total. The monoisotopic (exact) mass is 330 g/mol. The Bertz CT molecular complexity index is 874. The van der Waals surface area contributed by atoms with Crippen LogP contribution in [0.5, 0.6) is 0 Å². The minimum absolute atomic E-state index is 0.318. The Morgan fingerprint density at radius 3 is 2.71 bits per heavy atom. The molecule has 0 saturated carbocycles. The molecule has 1 aliphatic rings. The molecule has 24 heavy (non-hydrogen) atoms. The zero-order valence-electron chi connectivity index (χ0n) is 12.9. The highest BCUT2D eigenvalue weighted by Crippen LogP contribution is 2.23. The molecule has 0 bridgehead atoms. The molecule has 4 rings (SSSR count). The van der Waals surface area contributed by atoms with Crippen molar-refractivity contribution in [3.8, 4) is 11.3 Å². The normalized spacial score (nSPS) is 15.8. The van der Waals surface area contributed by atoms with Crippen LogP contribution in [-0.2, 0) is 4.74 Å². The van der Waals surface area contributed by atoms with E-state index in [0.29, 0.717) is 22.9 Å². The van der Waals surface area contributed by atoms with Crippen molar-refractivity contribution in [2.45, 2.75) is 18.9 Å². The van der Waals surface area contributed by atoms with Gasteiger partial charge < -0.3 is 10.1 Å². The van der Waals surface area contributed by atoms with Crippen molar-refractivity contribution in [1.29, 1.82) is 0 Å². The molecule has 7 heteroatoms. The van der Waals surface area contributed by atoms with Crippen LogP contribution in [0.15, 0.2) is 36.5 Å². The van der Waals surface area contributed by atoms with E-state index in [1.807, 2.05) is 12.1 Å². The lowest BCUT2D eigenvalue weighted by atomic mass is 10.1. The van der Waals surface area contributed by atoms with Crippen LogP contribution in [0.1, 0.15) is 12.8 Å². The van der Waals surface area contributed by atoms with Gasteiger partial charge >= 0.3 is 0 Å². The Labute approximate surface area is 137 Å². The number of anilines is 1. The molecule has 0 unspecified atom stereocenters. The molecule has 0 spiro atoms. The van der Waals surface area contributed by atoms with E-state index >= 15 is 0 Å². The van der Waals surface area contributed by atoms with E-state index in [4.69, 9.17) is 4.74 Å². The fraction of sp³-hybridized carbons (Fsp3) is 0.294. The van der Waals surface area contributed by atoms with Crippen LogP contribution in [0.3, 0.4) is 0 Å². The second-order valence-electron chi connectivity index (χ2n) is 5.79. The van der Waals surface area contributed by atoms with E-state index in [0.717, 1.165) is 44.0 Å². The second-order valence-corrected chi connectivity index (χ2v) is 5.79. The van der Waals surface area contributed by atoms with Crippen molar-refractivity contribution in [2.24, 2.45) is 0 Å². The SMILES string of the molecule is Fc1ccc(-c2cnc3ccc(NC4CCOCC4)nn23)cc1F. The first-order valence-electron chi connectivity index (χ1n) is 7.85. The summed E-state index contributed by atoms with van der Waals surface area (Å²) in [5.41, 5.74) is 1.78. The maximum Gasteiger partial charge on any atom is 0.159 e. The van der Waals surface area contributed by atoms with Crippen molar-refractivity contribution in [1.82, 2.24) is 14.6 Å². The molecule has 1 aliphatic heterocycles. The van der Waals surface area contributed by atoms with Crippen LogP contribution < -0.4 is 5.32 Å². The van der Waals surface area contributed by atoms with Gasteiger partial charge in [-0.05, 0) is 43.2 Å². The highest BCUT2D eigenvalue weighted by molar-refractivity contribution is 5.63. The molecule has 2 aromatic heterocycles. The molecule has 0 radical (unpaired) electrons. The third kappa shape index (κ3) is 2.82. The van der Waals surface area contributed by atoms with Gasteiger partial charge in [-0.3, -0.25) is 0 Å². The first-order chi connectivity index (χ1) is 11.7. The summed E-state index contributed by atoms with van der Waals surface area (Å²) in [7, 11) is 0. The van der Waals surface area contributed by atoms with Crippen LogP contribution in [-0.4, -0.2) is 33.9 Å². The molecule has 0 aliphatic carbocycles. The third-order valence-corrected chi connectivity index (χ3v) is 4.15. The fourth-order valence-electron chi connectivity index (χ4n) is 2.85. The van der Waals surface area contributed by atoms with Crippen molar-refractivity contribution in [3.63, 3.8) is 0 Å². The Morgan fingerprint density at radius 1 is 1.08 bits per heavy atom. The van der Waals surface area contributed by atoms with Crippen LogP contribution in [0.25, 0.3) is 16.9 Å². The second kappa shape index (κ2) is 6.16. The summed E-state index contributed by atoms with van der Waals surface area (Å²) in [6, 6.07) is 7.80. The molecule has 1 saturated heterocycles. The Hall–Kier alpha value is -2.54. The standard InChI is InChI=1S/C17H16F2N4O/c18-13-2-1-11(9-14(13)19)15-10-20-17-4-3-16(22-23(15)17)21-12-5-7-24-8-6-12/h1-4,9-10,12H,5-8H2,(H,21,22). The molecule has 1 fully saturated rings. The van der Waals surface area contributed by atoms with Crippen LogP contribution in [0, 0.1) is 11.6 Å². The topological polar surface area (TPSA) is 51.5 Å². The number of fused-ring (bicyclic) bond motifs is 1. The maximum atomic E-state index is 13.5. The molecular weight excluding hydrogens is 314 g/mol. The van der Waals surface area contributed by atoms with Crippen LogP contribution in [0.4, 0.5) is 14.6 Å². The van der Waals surface area contributed by atoms with Crippen molar-refractivity contribution in [3.05, 3.63) is 48.2 Å². The molecule has 124 valence electrons. The summed E-state index contributed by atoms with van der Waals surface area (Å²) < 4.78 is 33.6. The zero-order chi connectivity index (χ0) is 16.5. The van der Waals surface area contributed by atoms with Gasteiger partial charge in [-0.15, -0.1) is 5.10 Å². The summed E-state index contributed by atoms with van der Waals surface area (Å²) in [4.78, 5) is 4.27. The van der Waals surface area contributed by atoms with Crippen molar-refractivity contribution < 1.29 is 13.5 Å². The van der Waals surface area contributed by atoms with E-state index in [2.05, 4.69) is 15.4 Å². The lowest BCUT2D eigenvalue weighted by molar-refractivity contribution is 0.0903. The number of nitrogens with one attached hydrogen (secondary N) is 1. The van der Waals surface area contributed by atoms with Crippen molar-refractivity contribution in [2.75, 3.05) is 18.5 Å². The van der Waals surface area contributed by atoms with Gasteiger partial charge in [0, 0.05) is 24.8 Å². The minimum Gasteiger partial charge on any atom is -0.381 e. The van der Waals surface area contributed by atoms with Gasteiger partial charge in [0.15, 0.2) is 17.3 Å². The first kappa shape index (κ1) is 15.0. The molecule has 5 nitrogen and oxygen atoms in total. The molecule has 3 heterocycles. The number of rotatable bonds is 3. The number of hydrogen-bond acceptors (Lipinski definition) is 4. The van der Waals surface area contributed by atoms with E-state index in [-0.39, 0.29) is 0 Å². The summed E-state index contributed by atoms with van der Waals surface area (Å²) in [6.07, 6.45) is 3.46. The molecular formula is C17H16F2N4O. The van der Waals surface area contributed by atoms with E-state index in [1.165, 1.54) is 6.07 Å². The molecule has 1 aromatic carbocycles. The minimum atomic E-state index is -0.890. The summed E-state index contributed by atoms with van der Waals surface area (Å²) >= 11 is 0. The predicted octanol–water partition coefficient (Wildman–Crippen LogP) is 3.27. The zero-order valence-corrected chi connectivity index (χ0v) is 12.9. The van der Waals surface area contributed by atoms with Crippen molar-refractivity contribution >= 4 is 11.5 Å². The maximum absolute atomic E-state index is 13.5. The van der Waals surface area contributed by atoms with Gasteiger partial charge in [-0.1, -0.05) is 0 Å². The highest BCUT2D eigenvalue weighted by Gasteiger charge is 2.15. The molecule has 0 atom stereocenters. The summed E-state index contributed by atoms with van der Waals surface area (Å²) in [5.74, 6) is -1.04. The number of halogens is 2. The number of benzene rings is 1. The lowest BCUT2D eigenvalue weighted by Gasteiger charge is -2.23. The highest BCUT2D eigenvalue weighted by atomic mass is 19.2.